The molecule has 0 aromatic heterocycles. The summed E-state index contributed by atoms with van der Waals surface area (Å²) < 4.78 is 0. The van der Waals surface area contributed by atoms with E-state index in [1.54, 1.807) is 0 Å². The standard InChI is InChI=1S/C38H76N2/c1-4-7-10-13-15-17-19-20-21-22-23-24-26-28-30-33-38-39(34-31-12-9-6-3)36-37-40(38)35-32-29-27-25-18-16-14-11-8-5-2/h36-38H,4-35H2,1-3H3. The Morgan fingerprint density at radius 3 is 0.900 bits per heavy atom. The summed E-state index contributed by atoms with van der Waals surface area (Å²) in [7, 11) is 0. The van der Waals surface area contributed by atoms with Crippen LogP contribution in [0.25, 0.3) is 0 Å². The van der Waals surface area contributed by atoms with E-state index in [2.05, 4.69) is 43.0 Å². The minimum absolute atomic E-state index is 0.641. The summed E-state index contributed by atoms with van der Waals surface area (Å²) in [5.74, 6) is 0. The predicted octanol–water partition coefficient (Wildman–Crippen LogP) is 13.2. The van der Waals surface area contributed by atoms with E-state index in [0.717, 1.165) is 0 Å². The van der Waals surface area contributed by atoms with Gasteiger partial charge in [-0.2, -0.15) is 0 Å². The lowest BCUT2D eigenvalue weighted by atomic mass is 10.0. The molecule has 2 heteroatoms. The van der Waals surface area contributed by atoms with E-state index in [1.165, 1.54) is 206 Å². The monoisotopic (exact) mass is 561 g/mol. The summed E-state index contributed by atoms with van der Waals surface area (Å²) in [5.41, 5.74) is 0. The maximum atomic E-state index is 2.70. The minimum atomic E-state index is 0.641. The van der Waals surface area contributed by atoms with E-state index in [1.807, 2.05) is 0 Å². The van der Waals surface area contributed by atoms with Gasteiger partial charge >= 0.3 is 0 Å². The molecule has 1 unspecified atom stereocenters. The van der Waals surface area contributed by atoms with Crippen LogP contribution in [-0.2, 0) is 0 Å². The highest BCUT2D eigenvalue weighted by molar-refractivity contribution is 4.97. The summed E-state index contributed by atoms with van der Waals surface area (Å²) in [4.78, 5) is 5.39. The fraction of sp³-hybridized carbons (Fsp3) is 0.947. The molecule has 2 nitrogen and oxygen atoms in total. The average Bonchev–Trinajstić information content (AvgIpc) is 3.35. The molecule has 0 N–H and O–H groups in total. The Balaban J connectivity index is 2.12. The Bertz CT molecular complexity index is 516. The van der Waals surface area contributed by atoms with Crippen molar-refractivity contribution in [2.24, 2.45) is 0 Å². The van der Waals surface area contributed by atoms with Crippen LogP contribution >= 0.6 is 0 Å². The van der Waals surface area contributed by atoms with Crippen molar-refractivity contribution >= 4 is 0 Å². The van der Waals surface area contributed by atoms with Crippen molar-refractivity contribution in [1.29, 1.82) is 0 Å². The average molecular weight is 561 g/mol. The number of unbranched alkanes of at least 4 members (excludes halogenated alkanes) is 26. The first kappa shape index (κ1) is 37.4. The second-order valence-electron chi connectivity index (χ2n) is 13.2. The molecule has 0 bridgehead atoms. The predicted molar refractivity (Wildman–Crippen MR) is 182 cm³/mol. The molecular weight excluding hydrogens is 484 g/mol. The molecule has 1 atom stereocenters. The molecule has 1 aliphatic rings. The third kappa shape index (κ3) is 22.0. The highest BCUT2D eigenvalue weighted by atomic mass is 15.4. The van der Waals surface area contributed by atoms with E-state index >= 15 is 0 Å². The molecule has 40 heavy (non-hydrogen) atoms. The van der Waals surface area contributed by atoms with Crippen molar-refractivity contribution in [3.8, 4) is 0 Å². The zero-order chi connectivity index (χ0) is 28.8. The zero-order valence-corrected chi connectivity index (χ0v) is 28.3. The van der Waals surface area contributed by atoms with E-state index < -0.39 is 0 Å². The van der Waals surface area contributed by atoms with Crippen molar-refractivity contribution in [1.82, 2.24) is 9.80 Å². The number of hydrogen-bond acceptors (Lipinski definition) is 2. The van der Waals surface area contributed by atoms with Gasteiger partial charge in [-0.1, -0.05) is 188 Å². The van der Waals surface area contributed by atoms with Crippen LogP contribution in [0.3, 0.4) is 0 Å². The largest absolute Gasteiger partial charge is 0.356 e. The van der Waals surface area contributed by atoms with E-state index in [4.69, 9.17) is 0 Å². The maximum Gasteiger partial charge on any atom is 0.101 e. The van der Waals surface area contributed by atoms with Gasteiger partial charge < -0.3 is 9.80 Å². The van der Waals surface area contributed by atoms with Crippen LogP contribution in [0.15, 0.2) is 12.4 Å². The normalized spacial score (nSPS) is 15.1. The van der Waals surface area contributed by atoms with Crippen LogP contribution < -0.4 is 0 Å². The topological polar surface area (TPSA) is 6.48 Å². The van der Waals surface area contributed by atoms with Crippen molar-refractivity contribution in [2.75, 3.05) is 13.1 Å². The van der Waals surface area contributed by atoms with E-state index in [0.29, 0.717) is 6.17 Å². The zero-order valence-electron chi connectivity index (χ0n) is 28.3. The maximum absolute atomic E-state index is 2.70. The summed E-state index contributed by atoms with van der Waals surface area (Å²) >= 11 is 0. The van der Waals surface area contributed by atoms with Crippen LogP contribution in [0, 0.1) is 0 Å². The molecule has 0 aromatic carbocycles. The summed E-state index contributed by atoms with van der Waals surface area (Å²) in [6.45, 7) is 9.47. The van der Waals surface area contributed by atoms with Crippen molar-refractivity contribution in [2.45, 2.75) is 220 Å². The molecule has 0 aliphatic carbocycles. The van der Waals surface area contributed by atoms with E-state index in [-0.39, 0.29) is 0 Å². The number of hydrogen-bond donors (Lipinski definition) is 0. The van der Waals surface area contributed by atoms with Gasteiger partial charge in [-0.05, 0) is 25.7 Å². The van der Waals surface area contributed by atoms with Gasteiger partial charge in [0.15, 0.2) is 0 Å². The quantitative estimate of drug-likeness (QED) is 0.0755. The Labute approximate surface area is 254 Å². The SMILES string of the molecule is CCCCCCCCCCCCCCCCCC1N(CCCCCC)C=CN1CCCCCCCCCCCC. The summed E-state index contributed by atoms with van der Waals surface area (Å²) in [5, 5.41) is 0. The summed E-state index contributed by atoms with van der Waals surface area (Å²) in [6.07, 6.45) is 48.5. The van der Waals surface area contributed by atoms with Crippen LogP contribution in [-0.4, -0.2) is 29.1 Å². The molecule has 0 aromatic rings. The molecule has 1 aliphatic heterocycles. The molecule has 1 rings (SSSR count). The van der Waals surface area contributed by atoms with Gasteiger partial charge in [0.25, 0.3) is 0 Å². The van der Waals surface area contributed by atoms with Crippen LogP contribution in [0.5, 0.6) is 0 Å². The first-order valence-corrected chi connectivity index (χ1v) is 19.0. The highest BCUT2D eigenvalue weighted by Gasteiger charge is 2.24. The van der Waals surface area contributed by atoms with Gasteiger partial charge in [0, 0.05) is 25.5 Å². The van der Waals surface area contributed by atoms with Gasteiger partial charge in [-0.25, -0.2) is 0 Å². The van der Waals surface area contributed by atoms with Crippen LogP contribution in [0.4, 0.5) is 0 Å². The smallest absolute Gasteiger partial charge is 0.101 e. The molecule has 0 saturated carbocycles. The second-order valence-corrected chi connectivity index (χ2v) is 13.2. The third-order valence-corrected chi connectivity index (χ3v) is 9.32. The Hall–Kier alpha value is -0.660. The molecule has 238 valence electrons. The molecule has 0 radical (unpaired) electrons. The van der Waals surface area contributed by atoms with Crippen molar-refractivity contribution in [3.05, 3.63) is 12.4 Å². The minimum Gasteiger partial charge on any atom is -0.356 e. The summed E-state index contributed by atoms with van der Waals surface area (Å²) in [6, 6.07) is 0. The van der Waals surface area contributed by atoms with Gasteiger partial charge in [0.2, 0.25) is 0 Å². The fourth-order valence-corrected chi connectivity index (χ4v) is 6.54. The molecule has 0 fully saturated rings. The first-order chi connectivity index (χ1) is 19.8. The Morgan fingerprint density at radius 1 is 0.325 bits per heavy atom. The second kappa shape index (κ2) is 29.8. The van der Waals surface area contributed by atoms with Crippen molar-refractivity contribution < 1.29 is 0 Å². The van der Waals surface area contributed by atoms with Gasteiger partial charge in [-0.3, -0.25) is 0 Å². The molecular formula is C38H76N2. The first-order valence-electron chi connectivity index (χ1n) is 19.0. The lowest BCUT2D eigenvalue weighted by Gasteiger charge is -2.33. The number of nitrogens with zero attached hydrogens (tertiary/aromatic N) is 2. The van der Waals surface area contributed by atoms with Crippen molar-refractivity contribution in [3.63, 3.8) is 0 Å². The number of rotatable bonds is 32. The third-order valence-electron chi connectivity index (χ3n) is 9.32. The molecule has 0 saturated heterocycles. The van der Waals surface area contributed by atoms with Gasteiger partial charge in [-0.15, -0.1) is 0 Å². The lowest BCUT2D eigenvalue weighted by molar-refractivity contribution is 0.135. The molecule has 1 heterocycles. The highest BCUT2D eigenvalue weighted by Crippen LogP contribution is 2.24. The van der Waals surface area contributed by atoms with E-state index in [9.17, 15) is 0 Å². The lowest BCUT2D eigenvalue weighted by Crippen LogP contribution is -2.39. The molecule has 0 spiro atoms. The Morgan fingerprint density at radius 2 is 0.575 bits per heavy atom. The van der Waals surface area contributed by atoms with Gasteiger partial charge in [0.1, 0.15) is 6.17 Å². The van der Waals surface area contributed by atoms with Crippen LogP contribution in [0.1, 0.15) is 213 Å². The molecule has 0 amide bonds. The Kier molecular flexibility index (Phi) is 27.9. The fourth-order valence-electron chi connectivity index (χ4n) is 6.54. The van der Waals surface area contributed by atoms with Crippen LogP contribution in [0.2, 0.25) is 0 Å². The van der Waals surface area contributed by atoms with Gasteiger partial charge in [0.05, 0.1) is 0 Å².